The van der Waals surface area contributed by atoms with Gasteiger partial charge in [-0.2, -0.15) is 13.2 Å². The van der Waals surface area contributed by atoms with Crippen LogP contribution >= 0.6 is 0 Å². The molecule has 0 aromatic heterocycles. The van der Waals surface area contributed by atoms with E-state index in [9.17, 15) is 32.9 Å². The minimum absolute atomic E-state index is 0.0155. The summed E-state index contributed by atoms with van der Waals surface area (Å²) >= 11 is 0. The first kappa shape index (κ1) is 25.0. The molecule has 0 N–H and O–H groups in total. The lowest BCUT2D eigenvalue weighted by Crippen LogP contribution is -2.47. The second-order valence-corrected chi connectivity index (χ2v) is 7.69. The second kappa shape index (κ2) is 9.70. The van der Waals surface area contributed by atoms with Crippen molar-refractivity contribution in [2.75, 3.05) is 26.7 Å². The van der Waals surface area contributed by atoms with Crippen molar-refractivity contribution in [3.8, 4) is 5.75 Å². The van der Waals surface area contributed by atoms with Gasteiger partial charge in [0.05, 0.1) is 18.1 Å². The Morgan fingerprint density at radius 3 is 2.26 bits per heavy atom. The molecule has 2 amide bonds. The lowest BCUT2D eigenvalue weighted by Gasteiger charge is -2.38. The summed E-state index contributed by atoms with van der Waals surface area (Å²) in [7, 11) is 1.26. The Kier molecular flexibility index (Phi) is 7.13. The summed E-state index contributed by atoms with van der Waals surface area (Å²) in [6.07, 6.45) is -5.26. The fourth-order valence-corrected chi connectivity index (χ4v) is 4.29. The molecule has 1 atom stereocenters. The zero-order chi connectivity index (χ0) is 25.2. The van der Waals surface area contributed by atoms with Gasteiger partial charge in [0.2, 0.25) is 0 Å². The summed E-state index contributed by atoms with van der Waals surface area (Å²) in [5.41, 5.74) is 0.729. The van der Waals surface area contributed by atoms with Gasteiger partial charge in [-0.25, -0.2) is 0 Å². The van der Waals surface area contributed by atoms with Crippen LogP contribution in [0.15, 0.2) is 36.4 Å². The predicted molar refractivity (Wildman–Crippen MR) is 117 cm³/mol. The summed E-state index contributed by atoms with van der Waals surface area (Å²) in [6, 6.07) is 7.45. The van der Waals surface area contributed by atoms with E-state index in [1.807, 2.05) is 13.8 Å². The molecule has 0 spiro atoms. The molecule has 0 aliphatic carbocycles. The average Bonchev–Trinajstić information content (AvgIpc) is 2.82. The van der Waals surface area contributed by atoms with Gasteiger partial charge in [-0.3, -0.25) is 19.7 Å². The largest absolute Gasteiger partial charge is 0.490 e. The highest BCUT2D eigenvalue weighted by atomic mass is 19.4. The average molecular weight is 479 g/mol. The standard InChI is InChI=1S/C23H24F3N3O5/c1-4-27(5-2)21(30)15-8-6-14(7-9-15)19-16-10-11-18(34-3)20(29(32)33)17(16)12-13-28(19)22(31)23(24,25)26/h6-11,19H,4-5,12-13H2,1-3H3. The molecular formula is C23H24F3N3O5. The van der Waals surface area contributed by atoms with Crippen LogP contribution < -0.4 is 4.74 Å². The maximum Gasteiger partial charge on any atom is 0.471 e. The zero-order valence-electron chi connectivity index (χ0n) is 18.9. The molecular weight excluding hydrogens is 455 g/mol. The number of benzene rings is 2. The quantitative estimate of drug-likeness (QED) is 0.459. The topological polar surface area (TPSA) is 93.0 Å². The predicted octanol–water partition coefficient (Wildman–Crippen LogP) is 4.12. The van der Waals surface area contributed by atoms with Crippen molar-refractivity contribution >= 4 is 17.5 Å². The van der Waals surface area contributed by atoms with E-state index in [-0.39, 0.29) is 41.4 Å². The number of fused-ring (bicyclic) bond motifs is 1. The number of carbonyl (C=O) groups is 2. The molecule has 3 rings (SSSR count). The number of carbonyl (C=O) groups excluding carboxylic acids is 2. The molecule has 11 heteroatoms. The van der Waals surface area contributed by atoms with Gasteiger partial charge in [-0.05, 0) is 49.6 Å². The molecule has 2 aromatic rings. The van der Waals surface area contributed by atoms with E-state index < -0.39 is 23.0 Å². The fraction of sp³-hybridized carbons (Fsp3) is 0.391. The molecule has 0 bridgehead atoms. The van der Waals surface area contributed by atoms with Crippen molar-refractivity contribution < 1.29 is 32.4 Å². The number of nitrogens with zero attached hydrogens (tertiary/aromatic N) is 3. The van der Waals surface area contributed by atoms with Crippen molar-refractivity contribution in [1.82, 2.24) is 9.80 Å². The van der Waals surface area contributed by atoms with Crippen LogP contribution in [0, 0.1) is 10.1 Å². The van der Waals surface area contributed by atoms with Gasteiger partial charge >= 0.3 is 17.8 Å². The van der Waals surface area contributed by atoms with E-state index in [1.165, 1.54) is 43.5 Å². The maximum atomic E-state index is 13.4. The molecule has 182 valence electrons. The highest BCUT2D eigenvalue weighted by Crippen LogP contribution is 2.44. The number of halogens is 3. The summed E-state index contributed by atoms with van der Waals surface area (Å²) in [5.74, 6) is -2.28. The monoisotopic (exact) mass is 479 g/mol. The third kappa shape index (κ3) is 4.55. The third-order valence-electron chi connectivity index (χ3n) is 5.92. The van der Waals surface area contributed by atoms with E-state index in [0.29, 0.717) is 29.1 Å². The van der Waals surface area contributed by atoms with Gasteiger partial charge in [-0.15, -0.1) is 0 Å². The molecule has 0 saturated heterocycles. The van der Waals surface area contributed by atoms with E-state index in [4.69, 9.17) is 4.74 Å². The van der Waals surface area contributed by atoms with Gasteiger partial charge in [0.25, 0.3) is 5.91 Å². The number of methoxy groups -OCH3 is 1. The minimum Gasteiger partial charge on any atom is -0.490 e. The number of rotatable bonds is 6. The van der Waals surface area contributed by atoms with Crippen molar-refractivity contribution in [2.24, 2.45) is 0 Å². The SMILES string of the molecule is CCN(CC)C(=O)c1ccc(C2c3ccc(OC)c([N+](=O)[O-])c3CCN2C(=O)C(F)(F)F)cc1. The molecule has 8 nitrogen and oxygen atoms in total. The first-order valence-electron chi connectivity index (χ1n) is 10.7. The zero-order valence-corrected chi connectivity index (χ0v) is 18.9. The van der Waals surface area contributed by atoms with Crippen LogP contribution in [0.3, 0.4) is 0 Å². The van der Waals surface area contributed by atoms with Crippen LogP contribution in [0.5, 0.6) is 5.75 Å². The Balaban J connectivity index is 2.15. The molecule has 1 heterocycles. The number of hydrogen-bond acceptors (Lipinski definition) is 5. The maximum absolute atomic E-state index is 13.4. The van der Waals surface area contributed by atoms with Crippen LogP contribution in [0.2, 0.25) is 0 Å². The third-order valence-corrected chi connectivity index (χ3v) is 5.92. The highest BCUT2D eigenvalue weighted by Gasteiger charge is 2.47. The minimum atomic E-state index is -5.12. The van der Waals surface area contributed by atoms with E-state index in [2.05, 4.69) is 0 Å². The van der Waals surface area contributed by atoms with Crippen LogP contribution in [-0.2, 0) is 11.2 Å². The van der Waals surface area contributed by atoms with Crippen molar-refractivity contribution in [3.63, 3.8) is 0 Å². The smallest absolute Gasteiger partial charge is 0.471 e. The Bertz CT molecular complexity index is 1100. The molecule has 0 saturated carbocycles. The van der Waals surface area contributed by atoms with Gasteiger partial charge in [0.1, 0.15) is 0 Å². The molecule has 2 aromatic carbocycles. The molecule has 0 radical (unpaired) electrons. The Labute approximate surface area is 194 Å². The van der Waals surface area contributed by atoms with E-state index in [0.717, 1.165) is 0 Å². The van der Waals surface area contributed by atoms with Crippen LogP contribution in [0.1, 0.15) is 46.9 Å². The molecule has 1 aliphatic rings. The van der Waals surface area contributed by atoms with Crippen molar-refractivity contribution in [1.29, 1.82) is 0 Å². The second-order valence-electron chi connectivity index (χ2n) is 7.69. The highest BCUT2D eigenvalue weighted by molar-refractivity contribution is 5.94. The Morgan fingerprint density at radius 2 is 1.76 bits per heavy atom. The number of hydrogen-bond donors (Lipinski definition) is 0. The normalized spacial score (nSPS) is 15.5. The molecule has 0 fully saturated rings. The summed E-state index contributed by atoms with van der Waals surface area (Å²) in [4.78, 5) is 38.3. The van der Waals surface area contributed by atoms with Crippen LogP contribution in [0.25, 0.3) is 0 Å². The number of alkyl halides is 3. The van der Waals surface area contributed by atoms with E-state index >= 15 is 0 Å². The fourth-order valence-electron chi connectivity index (χ4n) is 4.29. The first-order valence-corrected chi connectivity index (χ1v) is 10.7. The van der Waals surface area contributed by atoms with Gasteiger partial charge < -0.3 is 14.5 Å². The van der Waals surface area contributed by atoms with Crippen LogP contribution in [0.4, 0.5) is 18.9 Å². The number of ether oxygens (including phenoxy) is 1. The summed E-state index contributed by atoms with van der Waals surface area (Å²) < 4.78 is 45.3. The van der Waals surface area contributed by atoms with Crippen LogP contribution in [-0.4, -0.2) is 59.5 Å². The molecule has 1 aliphatic heterocycles. The van der Waals surface area contributed by atoms with Gasteiger partial charge in [0, 0.05) is 30.8 Å². The lowest BCUT2D eigenvalue weighted by molar-refractivity contribution is -0.386. The van der Waals surface area contributed by atoms with Crippen molar-refractivity contribution in [2.45, 2.75) is 32.5 Å². The number of nitro groups is 1. The number of amides is 2. The summed E-state index contributed by atoms with van der Waals surface area (Å²) in [6.45, 7) is 4.27. The van der Waals surface area contributed by atoms with Gasteiger partial charge in [-0.1, -0.05) is 18.2 Å². The van der Waals surface area contributed by atoms with Gasteiger partial charge in [0.15, 0.2) is 5.75 Å². The number of nitro benzene ring substituents is 1. The van der Waals surface area contributed by atoms with Crippen molar-refractivity contribution in [3.05, 3.63) is 68.8 Å². The summed E-state index contributed by atoms with van der Waals surface area (Å²) in [5, 5.41) is 11.7. The Hall–Kier alpha value is -3.63. The Morgan fingerprint density at radius 1 is 1.15 bits per heavy atom. The molecule has 34 heavy (non-hydrogen) atoms. The van der Waals surface area contributed by atoms with E-state index in [1.54, 1.807) is 4.90 Å². The molecule has 1 unspecified atom stereocenters. The first-order chi connectivity index (χ1) is 16.0. The lowest BCUT2D eigenvalue weighted by atomic mass is 9.86.